The Morgan fingerprint density at radius 2 is 2.00 bits per heavy atom. The maximum atomic E-state index is 16.3. The van der Waals surface area contributed by atoms with Crippen molar-refractivity contribution in [2.24, 2.45) is 0 Å². The normalized spacial score (nSPS) is 26.5. The number of ether oxygens (including phenoxy) is 2. The molecule has 1 aromatic carbocycles. The summed E-state index contributed by atoms with van der Waals surface area (Å²) in [6.07, 6.45) is -2.74. The molecule has 0 radical (unpaired) electrons. The number of aromatic nitrogens is 4. The van der Waals surface area contributed by atoms with Gasteiger partial charge in [-0.2, -0.15) is 0 Å². The molecule has 6 atom stereocenters. The van der Waals surface area contributed by atoms with Gasteiger partial charge in [-0.3, -0.25) is 9.36 Å². The molecule has 1 aliphatic rings. The van der Waals surface area contributed by atoms with Crippen LogP contribution < -0.4 is 14.5 Å². The van der Waals surface area contributed by atoms with Crippen molar-refractivity contribution in [3.05, 3.63) is 42.5 Å². The second-order valence-electron chi connectivity index (χ2n) is 9.90. The van der Waals surface area contributed by atoms with Crippen molar-refractivity contribution >= 4 is 41.4 Å². The van der Waals surface area contributed by atoms with Crippen molar-refractivity contribution in [3.8, 4) is 5.75 Å². The lowest BCUT2D eigenvalue weighted by Crippen LogP contribution is -2.47. The number of para-hydroxylation sites is 1. The zero-order valence-corrected chi connectivity index (χ0v) is 25.2. The van der Waals surface area contributed by atoms with Gasteiger partial charge in [0, 0.05) is 14.1 Å². The number of fused-ring (bicyclic) bond motifs is 1. The number of carbonyl (C=O) groups is 1. The lowest BCUT2D eigenvalue weighted by Gasteiger charge is -2.30. The largest absolute Gasteiger partial charge is 0.465 e. The first-order chi connectivity index (χ1) is 19.2. The molecule has 41 heavy (non-hydrogen) atoms. The van der Waals surface area contributed by atoms with Crippen LogP contribution >= 0.6 is 6.64 Å². The number of carbonyl (C=O) groups excluding carboxylic acids is 1. The molecular formula is C25H33F2N6O6PS. The van der Waals surface area contributed by atoms with Gasteiger partial charge >= 0.3 is 12.6 Å². The quantitative estimate of drug-likeness (QED) is 0.242. The predicted octanol–water partition coefficient (Wildman–Crippen LogP) is 3.35. The Hall–Kier alpha value is -2.81. The molecule has 0 amide bonds. The fourth-order valence-electron chi connectivity index (χ4n) is 4.29. The summed E-state index contributed by atoms with van der Waals surface area (Å²) in [7, 11) is 3.52. The van der Waals surface area contributed by atoms with E-state index in [0.717, 1.165) is 6.92 Å². The molecule has 2 aromatic heterocycles. The molecule has 0 spiro atoms. The first kappa shape index (κ1) is 31.1. The Morgan fingerprint density at radius 3 is 2.63 bits per heavy atom. The number of aryl methyl sites for hydroxylation is 1. The fraction of sp³-hybridized carbons (Fsp3) is 0.520. The Morgan fingerprint density at radius 1 is 1.32 bits per heavy atom. The summed E-state index contributed by atoms with van der Waals surface area (Å²) in [5.74, 6) is -2.58. The first-order valence-electron chi connectivity index (χ1n) is 12.8. The summed E-state index contributed by atoms with van der Waals surface area (Å²) in [5, 5.41) is 13.6. The van der Waals surface area contributed by atoms with Crippen molar-refractivity contribution in [2.75, 3.05) is 32.2 Å². The van der Waals surface area contributed by atoms with Crippen molar-refractivity contribution in [3.63, 3.8) is 0 Å². The van der Waals surface area contributed by atoms with Crippen LogP contribution in [0.3, 0.4) is 0 Å². The lowest BCUT2D eigenvalue weighted by molar-refractivity contribution is -0.202. The number of imidazole rings is 1. The van der Waals surface area contributed by atoms with Gasteiger partial charge in [0.2, 0.25) is 0 Å². The molecule has 4 rings (SSSR count). The molecule has 3 aromatic rings. The third-order valence-electron chi connectivity index (χ3n) is 6.32. The van der Waals surface area contributed by atoms with Crippen LogP contribution in [0.15, 0.2) is 36.7 Å². The van der Waals surface area contributed by atoms with Crippen LogP contribution in [0.4, 0.5) is 14.6 Å². The SMILES string of the molecule is CCOC(=O)[C@H](C)N[P@](=S)(OC[C@@]1(F)O[C@@H](n2cnc3c(N(C)C)nc(C)nc32)[C@](C)(F)[C@@H]1O)Oc1ccccc1. The molecule has 3 heterocycles. The van der Waals surface area contributed by atoms with E-state index in [1.807, 2.05) is 0 Å². The highest BCUT2D eigenvalue weighted by Crippen LogP contribution is 2.52. The average molecular weight is 615 g/mol. The summed E-state index contributed by atoms with van der Waals surface area (Å²) < 4.78 is 55.7. The van der Waals surface area contributed by atoms with Crippen LogP contribution in [0, 0.1) is 6.92 Å². The van der Waals surface area contributed by atoms with Crippen LogP contribution in [0.25, 0.3) is 11.2 Å². The topological polar surface area (TPSA) is 133 Å². The Bertz CT molecular complexity index is 1450. The van der Waals surface area contributed by atoms with E-state index in [1.165, 1.54) is 17.8 Å². The third kappa shape index (κ3) is 6.35. The second-order valence-corrected chi connectivity index (χ2v) is 13.0. The first-order valence-corrected chi connectivity index (χ1v) is 15.4. The lowest BCUT2D eigenvalue weighted by atomic mass is 9.97. The van der Waals surface area contributed by atoms with Crippen molar-refractivity contribution in [1.82, 2.24) is 24.6 Å². The maximum absolute atomic E-state index is 16.3. The molecule has 16 heteroatoms. The average Bonchev–Trinajstić information content (AvgIpc) is 3.40. The van der Waals surface area contributed by atoms with Crippen LogP contribution in [0.1, 0.15) is 32.8 Å². The van der Waals surface area contributed by atoms with E-state index in [9.17, 15) is 9.90 Å². The number of benzene rings is 1. The number of halogens is 2. The third-order valence-corrected chi connectivity index (χ3v) is 8.80. The summed E-state index contributed by atoms with van der Waals surface area (Å²) in [6, 6.07) is 7.33. The minimum Gasteiger partial charge on any atom is -0.465 e. The molecule has 2 N–H and O–H groups in total. The van der Waals surface area contributed by atoms with Crippen molar-refractivity contribution in [1.29, 1.82) is 0 Å². The number of esters is 1. The van der Waals surface area contributed by atoms with Crippen LogP contribution in [0.2, 0.25) is 0 Å². The summed E-state index contributed by atoms with van der Waals surface area (Å²) >= 11 is 5.58. The van der Waals surface area contributed by atoms with Crippen LogP contribution in [0.5, 0.6) is 5.75 Å². The van der Waals surface area contributed by atoms with E-state index >= 15 is 8.78 Å². The van der Waals surface area contributed by atoms with E-state index in [2.05, 4.69) is 20.0 Å². The predicted molar refractivity (Wildman–Crippen MR) is 150 cm³/mol. The molecule has 0 saturated carbocycles. The molecule has 1 aliphatic heterocycles. The van der Waals surface area contributed by atoms with Crippen molar-refractivity contribution < 1.29 is 37.2 Å². The number of aliphatic hydroxyl groups excluding tert-OH is 1. The highest BCUT2D eigenvalue weighted by Gasteiger charge is 2.65. The molecule has 1 fully saturated rings. The summed E-state index contributed by atoms with van der Waals surface area (Å²) in [6.45, 7) is 1.19. The number of nitrogens with one attached hydrogen (secondary N) is 1. The highest BCUT2D eigenvalue weighted by molar-refractivity contribution is 8.09. The molecule has 1 saturated heterocycles. The van der Waals surface area contributed by atoms with Gasteiger partial charge in [-0.05, 0) is 51.6 Å². The van der Waals surface area contributed by atoms with Gasteiger partial charge in [-0.1, -0.05) is 18.2 Å². The van der Waals surface area contributed by atoms with Gasteiger partial charge in [-0.25, -0.2) is 28.8 Å². The number of anilines is 1. The summed E-state index contributed by atoms with van der Waals surface area (Å²) in [4.78, 5) is 27.0. The number of alkyl halides is 2. The maximum Gasteiger partial charge on any atom is 0.323 e. The monoisotopic (exact) mass is 614 g/mol. The molecule has 224 valence electrons. The molecule has 0 unspecified atom stereocenters. The number of nitrogens with zero attached hydrogens (tertiary/aromatic N) is 5. The fourth-order valence-corrected chi connectivity index (χ4v) is 6.69. The highest BCUT2D eigenvalue weighted by atomic mass is 32.5. The molecule has 0 aliphatic carbocycles. The van der Waals surface area contributed by atoms with Crippen LogP contribution in [-0.4, -0.2) is 81.6 Å². The van der Waals surface area contributed by atoms with Gasteiger partial charge < -0.3 is 28.5 Å². The standard InChI is InChI=1S/C25H33F2N6O6PS/c1-7-36-21(34)15(2)31-40(41,39-17-11-9-8-10-12-17)37-13-25(27)22(35)24(4,26)23(38-25)33-14-28-18-19(32(5)6)29-16(3)30-20(18)33/h8-12,14-15,22-23,35H,7,13H2,1-6H3,(H,31,41)/t15-,22-,23+,24+,25+,40-/m0/s1. The van der Waals surface area contributed by atoms with Gasteiger partial charge in [0.1, 0.15) is 24.2 Å². The van der Waals surface area contributed by atoms with Crippen LogP contribution in [-0.2, 0) is 30.6 Å². The second kappa shape index (κ2) is 11.8. The van der Waals surface area contributed by atoms with Gasteiger partial charge in [0.25, 0.3) is 5.85 Å². The molecule has 0 bridgehead atoms. The van der Waals surface area contributed by atoms with E-state index in [0.29, 0.717) is 17.2 Å². The smallest absolute Gasteiger partial charge is 0.323 e. The number of rotatable bonds is 11. The minimum atomic E-state index is -3.70. The van der Waals surface area contributed by atoms with Gasteiger partial charge in [0.15, 0.2) is 35.0 Å². The Labute approximate surface area is 241 Å². The summed E-state index contributed by atoms with van der Waals surface area (Å²) in [5.41, 5.74) is -2.13. The minimum absolute atomic E-state index is 0.127. The van der Waals surface area contributed by atoms with Gasteiger partial charge in [0.05, 0.1) is 12.9 Å². The zero-order chi connectivity index (χ0) is 30.2. The Balaban J connectivity index is 1.63. The van der Waals surface area contributed by atoms with E-state index in [-0.39, 0.29) is 18.0 Å². The number of hydrogen-bond acceptors (Lipinski definition) is 11. The number of aliphatic hydroxyl groups is 1. The zero-order valence-electron chi connectivity index (χ0n) is 23.4. The number of hydrogen-bond donors (Lipinski definition) is 2. The molecular weight excluding hydrogens is 581 g/mol. The van der Waals surface area contributed by atoms with E-state index in [4.69, 9.17) is 30.3 Å². The van der Waals surface area contributed by atoms with Crippen molar-refractivity contribution in [2.45, 2.75) is 57.6 Å². The molecule has 12 nitrogen and oxygen atoms in total. The van der Waals surface area contributed by atoms with E-state index in [1.54, 1.807) is 63.2 Å². The van der Waals surface area contributed by atoms with E-state index < -0.39 is 49.1 Å². The van der Waals surface area contributed by atoms with Gasteiger partial charge in [-0.15, -0.1) is 0 Å². The Kier molecular flexibility index (Phi) is 8.98.